The Balaban J connectivity index is 1.43. The Labute approximate surface area is 152 Å². The molecular formula is C19H22N2O3S. The quantitative estimate of drug-likeness (QED) is 0.595. The molecule has 0 aromatic heterocycles. The first-order valence-electron chi connectivity index (χ1n) is 8.70. The van der Waals surface area contributed by atoms with Crippen molar-refractivity contribution < 1.29 is 14.3 Å². The summed E-state index contributed by atoms with van der Waals surface area (Å²) in [5, 5.41) is 11.4. The molecule has 2 saturated carbocycles. The van der Waals surface area contributed by atoms with Crippen LogP contribution in [0.5, 0.6) is 0 Å². The number of benzene rings is 1. The second-order valence-electron chi connectivity index (χ2n) is 6.79. The number of ether oxygens (including phenoxy) is 1. The number of amides is 1. The standard InChI is InChI=1S/C19H22N2O3S/c20-7-8-25-17-4-2-1-3-16(17)21-18(22)12-24-19(23)11-15-10-13-5-6-14(15)9-13/h1-4,13-15H,5-6,8-12H2,(H,21,22)/t13-,14-,15+/m1/s1. The predicted octanol–water partition coefficient (Wildman–Crippen LogP) is 3.61. The van der Waals surface area contributed by atoms with Crippen molar-refractivity contribution in [2.45, 2.75) is 37.0 Å². The van der Waals surface area contributed by atoms with Gasteiger partial charge in [-0.15, -0.1) is 11.8 Å². The van der Waals surface area contributed by atoms with Gasteiger partial charge in [-0.3, -0.25) is 9.59 Å². The lowest BCUT2D eigenvalue weighted by Crippen LogP contribution is -2.23. The van der Waals surface area contributed by atoms with Crippen molar-refractivity contribution in [2.24, 2.45) is 17.8 Å². The molecule has 2 aliphatic carbocycles. The second-order valence-corrected chi connectivity index (χ2v) is 7.81. The highest BCUT2D eigenvalue weighted by atomic mass is 32.2. The van der Waals surface area contributed by atoms with E-state index in [1.165, 1.54) is 31.0 Å². The van der Waals surface area contributed by atoms with Gasteiger partial charge in [-0.2, -0.15) is 5.26 Å². The molecule has 132 valence electrons. The Kier molecular flexibility index (Phi) is 5.98. The number of anilines is 1. The van der Waals surface area contributed by atoms with Crippen molar-refractivity contribution >= 4 is 29.3 Å². The first kappa shape index (κ1) is 17.8. The Hall–Kier alpha value is -2.00. The number of carbonyl (C=O) groups is 2. The van der Waals surface area contributed by atoms with Crippen LogP contribution in [0.4, 0.5) is 5.69 Å². The van der Waals surface area contributed by atoms with Gasteiger partial charge in [-0.25, -0.2) is 0 Å². The van der Waals surface area contributed by atoms with Gasteiger partial charge >= 0.3 is 5.97 Å². The van der Waals surface area contributed by atoms with Gasteiger partial charge in [-0.05, 0) is 49.1 Å². The molecule has 2 aliphatic rings. The summed E-state index contributed by atoms with van der Waals surface area (Å²) in [5.74, 6) is 1.60. The lowest BCUT2D eigenvalue weighted by Gasteiger charge is -2.20. The first-order chi connectivity index (χ1) is 12.2. The maximum atomic E-state index is 12.0. The molecule has 1 aromatic carbocycles. The zero-order valence-corrected chi connectivity index (χ0v) is 14.9. The van der Waals surface area contributed by atoms with Crippen molar-refractivity contribution in [1.29, 1.82) is 5.26 Å². The topological polar surface area (TPSA) is 79.2 Å². The molecule has 1 amide bonds. The molecule has 0 aliphatic heterocycles. The summed E-state index contributed by atoms with van der Waals surface area (Å²) in [4.78, 5) is 24.9. The van der Waals surface area contributed by atoms with Crippen LogP contribution in [0.1, 0.15) is 32.1 Å². The third-order valence-corrected chi connectivity index (χ3v) is 6.07. The van der Waals surface area contributed by atoms with Crippen molar-refractivity contribution in [2.75, 3.05) is 17.7 Å². The molecule has 5 nitrogen and oxygen atoms in total. The highest BCUT2D eigenvalue weighted by Gasteiger charge is 2.40. The minimum absolute atomic E-state index is 0.267. The fourth-order valence-corrected chi connectivity index (χ4v) is 4.71. The zero-order valence-electron chi connectivity index (χ0n) is 14.1. The van der Waals surface area contributed by atoms with Crippen LogP contribution in [0.2, 0.25) is 0 Å². The molecule has 0 saturated heterocycles. The minimum Gasteiger partial charge on any atom is -0.456 e. The van der Waals surface area contributed by atoms with Crippen LogP contribution in [0.15, 0.2) is 29.2 Å². The Bertz CT molecular complexity index is 685. The number of rotatable bonds is 7. The first-order valence-corrected chi connectivity index (χ1v) is 9.68. The molecule has 0 radical (unpaired) electrons. The van der Waals surface area contributed by atoms with E-state index in [0.717, 1.165) is 17.2 Å². The summed E-state index contributed by atoms with van der Waals surface area (Å²) in [5.41, 5.74) is 0.636. The number of nitrogens with one attached hydrogen (secondary N) is 1. The lowest BCUT2D eigenvalue weighted by molar-refractivity contribution is -0.148. The normalized spacial score (nSPS) is 23.9. The number of para-hydroxylation sites is 1. The van der Waals surface area contributed by atoms with E-state index in [2.05, 4.69) is 11.4 Å². The lowest BCUT2D eigenvalue weighted by atomic mass is 9.86. The van der Waals surface area contributed by atoms with Crippen molar-refractivity contribution in [3.8, 4) is 6.07 Å². The summed E-state index contributed by atoms with van der Waals surface area (Å²) in [6.45, 7) is -0.267. The molecule has 3 rings (SSSR count). The second kappa shape index (κ2) is 8.39. The molecule has 1 N–H and O–H groups in total. The van der Waals surface area contributed by atoms with E-state index < -0.39 is 0 Å². The smallest absolute Gasteiger partial charge is 0.306 e. The monoisotopic (exact) mass is 358 g/mol. The summed E-state index contributed by atoms with van der Waals surface area (Å²) >= 11 is 1.36. The molecule has 0 heterocycles. The van der Waals surface area contributed by atoms with E-state index in [9.17, 15) is 9.59 Å². The third kappa shape index (κ3) is 4.76. The van der Waals surface area contributed by atoms with E-state index in [0.29, 0.717) is 29.7 Å². The summed E-state index contributed by atoms with van der Waals surface area (Å²) in [7, 11) is 0. The number of fused-ring (bicyclic) bond motifs is 2. The maximum absolute atomic E-state index is 12.0. The Morgan fingerprint density at radius 2 is 2.12 bits per heavy atom. The third-order valence-electron chi connectivity index (χ3n) is 5.13. The average molecular weight is 358 g/mol. The van der Waals surface area contributed by atoms with E-state index in [1.54, 1.807) is 6.07 Å². The fourth-order valence-electron chi connectivity index (χ4n) is 4.04. The number of thioether (sulfide) groups is 1. The zero-order chi connectivity index (χ0) is 17.6. The van der Waals surface area contributed by atoms with Gasteiger partial charge in [-0.1, -0.05) is 18.6 Å². The molecule has 2 bridgehead atoms. The van der Waals surface area contributed by atoms with Crippen LogP contribution in [-0.2, 0) is 14.3 Å². The Morgan fingerprint density at radius 3 is 2.84 bits per heavy atom. The fraction of sp³-hybridized carbons (Fsp3) is 0.526. The van der Waals surface area contributed by atoms with Gasteiger partial charge in [0.25, 0.3) is 5.91 Å². The minimum atomic E-state index is -0.355. The van der Waals surface area contributed by atoms with E-state index in [-0.39, 0.29) is 18.5 Å². The number of nitriles is 1. The van der Waals surface area contributed by atoms with Crippen LogP contribution < -0.4 is 5.32 Å². The largest absolute Gasteiger partial charge is 0.456 e. The summed E-state index contributed by atoms with van der Waals surface area (Å²) in [6.07, 6.45) is 5.37. The van der Waals surface area contributed by atoms with Crippen LogP contribution in [-0.4, -0.2) is 24.2 Å². The maximum Gasteiger partial charge on any atom is 0.306 e. The van der Waals surface area contributed by atoms with Gasteiger partial charge < -0.3 is 10.1 Å². The highest BCUT2D eigenvalue weighted by molar-refractivity contribution is 7.99. The Morgan fingerprint density at radius 1 is 1.28 bits per heavy atom. The number of hydrogen-bond donors (Lipinski definition) is 1. The molecule has 0 spiro atoms. The highest BCUT2D eigenvalue weighted by Crippen LogP contribution is 2.49. The number of nitrogens with zero attached hydrogens (tertiary/aromatic N) is 1. The van der Waals surface area contributed by atoms with Gasteiger partial charge in [0.1, 0.15) is 0 Å². The van der Waals surface area contributed by atoms with Crippen LogP contribution >= 0.6 is 11.8 Å². The van der Waals surface area contributed by atoms with Crippen molar-refractivity contribution in [1.82, 2.24) is 0 Å². The molecule has 1 aromatic rings. The number of hydrogen-bond acceptors (Lipinski definition) is 5. The van der Waals surface area contributed by atoms with Gasteiger partial charge in [0.2, 0.25) is 0 Å². The molecule has 25 heavy (non-hydrogen) atoms. The summed E-state index contributed by atoms with van der Waals surface area (Å²) in [6, 6.07) is 9.35. The van der Waals surface area contributed by atoms with Gasteiger partial charge in [0, 0.05) is 11.3 Å². The number of carbonyl (C=O) groups excluding carboxylic acids is 2. The molecule has 3 atom stereocenters. The van der Waals surface area contributed by atoms with E-state index >= 15 is 0 Å². The molecule has 6 heteroatoms. The van der Waals surface area contributed by atoms with E-state index in [1.807, 2.05) is 18.2 Å². The van der Waals surface area contributed by atoms with Crippen LogP contribution in [0.25, 0.3) is 0 Å². The van der Waals surface area contributed by atoms with Crippen molar-refractivity contribution in [3.63, 3.8) is 0 Å². The van der Waals surface area contributed by atoms with Crippen LogP contribution in [0, 0.1) is 29.1 Å². The average Bonchev–Trinajstić information content (AvgIpc) is 3.22. The van der Waals surface area contributed by atoms with Crippen LogP contribution in [0.3, 0.4) is 0 Å². The van der Waals surface area contributed by atoms with Crippen molar-refractivity contribution in [3.05, 3.63) is 24.3 Å². The molecule has 0 unspecified atom stereocenters. The van der Waals surface area contributed by atoms with E-state index in [4.69, 9.17) is 10.00 Å². The summed E-state index contributed by atoms with van der Waals surface area (Å²) < 4.78 is 5.16. The molecular weight excluding hydrogens is 336 g/mol. The van der Waals surface area contributed by atoms with Gasteiger partial charge in [0.05, 0.1) is 17.5 Å². The predicted molar refractivity (Wildman–Crippen MR) is 95.9 cm³/mol. The number of esters is 1. The SMILES string of the molecule is N#CCSc1ccccc1NC(=O)COC(=O)C[C@@H]1C[C@@H]2CC[C@@H]1C2. The molecule has 2 fully saturated rings. The van der Waals surface area contributed by atoms with Gasteiger partial charge in [0.15, 0.2) is 6.61 Å².